The fraction of sp³-hybridized carbons (Fsp3) is 0.333. The van der Waals surface area contributed by atoms with Crippen LogP contribution in [0.2, 0.25) is 5.02 Å². The van der Waals surface area contributed by atoms with Crippen LogP contribution >= 0.6 is 11.6 Å². The third-order valence-electron chi connectivity index (χ3n) is 6.62. The highest BCUT2D eigenvalue weighted by Crippen LogP contribution is 2.28. The van der Waals surface area contributed by atoms with E-state index in [1.54, 1.807) is 25.1 Å². The molecule has 214 valence electrons. The summed E-state index contributed by atoms with van der Waals surface area (Å²) in [6.45, 7) is 7.02. The SMILES string of the molecule is CC[C@@H](C)NC(=O)[C@@H](CC)N(Cc1cccc(C)c1)C(=O)CN(c1ccc(F)c(Cl)c1)S(=O)(=O)c1ccccc1. The zero-order chi connectivity index (χ0) is 29.4. The quantitative estimate of drug-likeness (QED) is 0.294. The Balaban J connectivity index is 2.07. The van der Waals surface area contributed by atoms with Crippen LogP contribution in [0.5, 0.6) is 0 Å². The van der Waals surface area contributed by atoms with E-state index in [0.717, 1.165) is 21.5 Å². The van der Waals surface area contributed by atoms with Crippen molar-refractivity contribution in [2.24, 2.45) is 0 Å². The maximum atomic E-state index is 14.0. The molecule has 1 N–H and O–H groups in total. The van der Waals surface area contributed by atoms with Gasteiger partial charge in [0.2, 0.25) is 11.8 Å². The number of rotatable bonds is 12. The van der Waals surface area contributed by atoms with E-state index in [2.05, 4.69) is 5.32 Å². The molecule has 2 amide bonds. The number of benzene rings is 3. The van der Waals surface area contributed by atoms with Gasteiger partial charge in [0, 0.05) is 12.6 Å². The van der Waals surface area contributed by atoms with Crippen LogP contribution in [0.25, 0.3) is 0 Å². The summed E-state index contributed by atoms with van der Waals surface area (Å²) >= 11 is 6.01. The van der Waals surface area contributed by atoms with E-state index < -0.39 is 34.3 Å². The number of anilines is 1. The molecule has 0 bridgehead atoms. The maximum absolute atomic E-state index is 14.0. The molecule has 0 fully saturated rings. The third kappa shape index (κ3) is 7.61. The lowest BCUT2D eigenvalue weighted by Gasteiger charge is -2.33. The Morgan fingerprint density at radius 3 is 2.27 bits per heavy atom. The minimum Gasteiger partial charge on any atom is -0.352 e. The second-order valence-electron chi connectivity index (χ2n) is 9.68. The van der Waals surface area contributed by atoms with Gasteiger partial charge in [-0.1, -0.05) is 73.5 Å². The van der Waals surface area contributed by atoms with Gasteiger partial charge in [0.25, 0.3) is 10.0 Å². The van der Waals surface area contributed by atoms with E-state index in [4.69, 9.17) is 11.6 Å². The molecule has 3 aromatic rings. The highest BCUT2D eigenvalue weighted by molar-refractivity contribution is 7.92. The van der Waals surface area contributed by atoms with Crippen molar-refractivity contribution >= 4 is 39.1 Å². The minimum atomic E-state index is -4.26. The van der Waals surface area contributed by atoms with E-state index in [-0.39, 0.29) is 34.1 Å². The van der Waals surface area contributed by atoms with Gasteiger partial charge in [-0.3, -0.25) is 13.9 Å². The molecule has 0 aliphatic carbocycles. The van der Waals surface area contributed by atoms with Gasteiger partial charge in [0.15, 0.2) is 0 Å². The van der Waals surface area contributed by atoms with Gasteiger partial charge in [-0.25, -0.2) is 12.8 Å². The Labute approximate surface area is 241 Å². The number of nitrogens with one attached hydrogen (secondary N) is 1. The van der Waals surface area contributed by atoms with Crippen molar-refractivity contribution < 1.29 is 22.4 Å². The van der Waals surface area contributed by atoms with Gasteiger partial charge in [-0.05, 0) is 62.6 Å². The molecule has 0 aliphatic heterocycles. The second kappa shape index (κ2) is 13.8. The Kier molecular flexibility index (Phi) is 10.7. The monoisotopic (exact) mass is 587 g/mol. The smallest absolute Gasteiger partial charge is 0.264 e. The van der Waals surface area contributed by atoms with E-state index in [9.17, 15) is 22.4 Å². The zero-order valence-electron chi connectivity index (χ0n) is 23.1. The van der Waals surface area contributed by atoms with Crippen molar-refractivity contribution in [2.45, 2.75) is 64.1 Å². The van der Waals surface area contributed by atoms with Gasteiger partial charge < -0.3 is 10.2 Å². The van der Waals surface area contributed by atoms with Gasteiger partial charge >= 0.3 is 0 Å². The molecule has 2 atom stereocenters. The Hall–Kier alpha value is -3.43. The van der Waals surface area contributed by atoms with Crippen molar-refractivity contribution in [3.05, 3.63) is 94.8 Å². The molecule has 10 heteroatoms. The van der Waals surface area contributed by atoms with Crippen molar-refractivity contribution in [3.63, 3.8) is 0 Å². The first kappa shape index (κ1) is 31.1. The molecule has 0 aliphatic rings. The molecular formula is C30H35ClFN3O4S. The Morgan fingerprint density at radius 1 is 0.975 bits per heavy atom. The summed E-state index contributed by atoms with van der Waals surface area (Å²) in [7, 11) is -4.26. The molecule has 7 nitrogen and oxygen atoms in total. The lowest BCUT2D eigenvalue weighted by atomic mass is 10.1. The predicted molar refractivity (Wildman–Crippen MR) is 156 cm³/mol. The fourth-order valence-corrected chi connectivity index (χ4v) is 5.86. The van der Waals surface area contributed by atoms with E-state index in [1.807, 2.05) is 45.0 Å². The minimum absolute atomic E-state index is 0.0243. The summed E-state index contributed by atoms with van der Waals surface area (Å²) in [5.41, 5.74) is 1.80. The average molecular weight is 588 g/mol. The first-order valence-electron chi connectivity index (χ1n) is 13.2. The van der Waals surface area contributed by atoms with Crippen LogP contribution in [-0.4, -0.2) is 43.8 Å². The molecule has 0 saturated carbocycles. The van der Waals surface area contributed by atoms with Crippen molar-refractivity contribution in [1.29, 1.82) is 0 Å². The molecule has 0 radical (unpaired) electrons. The van der Waals surface area contributed by atoms with Crippen LogP contribution < -0.4 is 9.62 Å². The van der Waals surface area contributed by atoms with Gasteiger partial charge in [-0.2, -0.15) is 0 Å². The Morgan fingerprint density at radius 2 is 1.68 bits per heavy atom. The average Bonchev–Trinajstić information content (AvgIpc) is 2.93. The summed E-state index contributed by atoms with van der Waals surface area (Å²) in [6.07, 6.45) is 1.02. The fourth-order valence-electron chi connectivity index (χ4n) is 4.26. The number of amides is 2. The summed E-state index contributed by atoms with van der Waals surface area (Å²) in [4.78, 5) is 28.7. The molecule has 3 rings (SSSR count). The summed E-state index contributed by atoms with van der Waals surface area (Å²) in [5.74, 6) is -1.63. The number of hydrogen-bond donors (Lipinski definition) is 1. The first-order chi connectivity index (χ1) is 19.0. The van der Waals surface area contributed by atoms with Crippen LogP contribution in [-0.2, 0) is 26.2 Å². The maximum Gasteiger partial charge on any atom is 0.264 e. The van der Waals surface area contributed by atoms with Crippen molar-refractivity contribution in [1.82, 2.24) is 10.2 Å². The number of nitrogens with zero attached hydrogens (tertiary/aromatic N) is 2. The number of aryl methyl sites for hydroxylation is 1. The van der Waals surface area contributed by atoms with Crippen molar-refractivity contribution in [3.8, 4) is 0 Å². The largest absolute Gasteiger partial charge is 0.352 e. The summed E-state index contributed by atoms with van der Waals surface area (Å²) in [5, 5.41) is 2.66. The van der Waals surface area contributed by atoms with Crippen LogP contribution in [0.15, 0.2) is 77.7 Å². The normalized spacial score (nSPS) is 12.8. The highest BCUT2D eigenvalue weighted by Gasteiger charge is 2.34. The standard InChI is InChI=1S/C30H35ClFN3O4S/c1-5-22(4)33-30(37)28(6-2)34(19-23-12-10-11-21(3)17-23)29(36)20-35(24-15-16-27(32)26(31)18-24)40(38,39)25-13-8-7-9-14-25/h7-18,22,28H,5-6,19-20H2,1-4H3,(H,33,37)/t22-,28-/m1/s1. The zero-order valence-corrected chi connectivity index (χ0v) is 24.7. The van der Waals surface area contributed by atoms with Gasteiger partial charge in [0.1, 0.15) is 18.4 Å². The number of carbonyl (C=O) groups excluding carboxylic acids is 2. The second-order valence-corrected chi connectivity index (χ2v) is 11.9. The number of halogens is 2. The van der Waals surface area contributed by atoms with Gasteiger partial charge in [-0.15, -0.1) is 0 Å². The summed E-state index contributed by atoms with van der Waals surface area (Å²) < 4.78 is 42.5. The van der Waals surface area contributed by atoms with Crippen molar-refractivity contribution in [2.75, 3.05) is 10.8 Å². The molecule has 0 spiro atoms. The van der Waals surface area contributed by atoms with E-state index in [0.29, 0.717) is 12.8 Å². The molecule has 3 aromatic carbocycles. The molecule has 0 unspecified atom stereocenters. The predicted octanol–water partition coefficient (Wildman–Crippen LogP) is 5.70. The number of carbonyl (C=O) groups is 2. The molecule has 0 aromatic heterocycles. The first-order valence-corrected chi connectivity index (χ1v) is 15.0. The van der Waals surface area contributed by atoms with Crippen LogP contribution in [0.3, 0.4) is 0 Å². The highest BCUT2D eigenvalue weighted by atomic mass is 35.5. The van der Waals surface area contributed by atoms with Crippen LogP contribution in [0.1, 0.15) is 44.7 Å². The van der Waals surface area contributed by atoms with Crippen LogP contribution in [0.4, 0.5) is 10.1 Å². The molecule has 40 heavy (non-hydrogen) atoms. The molecule has 0 heterocycles. The lowest BCUT2D eigenvalue weighted by molar-refractivity contribution is -0.140. The van der Waals surface area contributed by atoms with E-state index >= 15 is 0 Å². The number of sulfonamides is 1. The molecular weight excluding hydrogens is 553 g/mol. The topological polar surface area (TPSA) is 86.8 Å². The van der Waals surface area contributed by atoms with Gasteiger partial charge in [0.05, 0.1) is 15.6 Å². The summed E-state index contributed by atoms with van der Waals surface area (Å²) in [6, 6.07) is 17.7. The van der Waals surface area contributed by atoms with Crippen LogP contribution in [0, 0.1) is 12.7 Å². The lowest BCUT2D eigenvalue weighted by Crippen LogP contribution is -2.53. The van der Waals surface area contributed by atoms with E-state index in [1.165, 1.54) is 29.2 Å². The third-order valence-corrected chi connectivity index (χ3v) is 8.70. The number of hydrogen-bond acceptors (Lipinski definition) is 4. The molecule has 0 saturated heterocycles. The Bertz CT molecular complexity index is 1440.